The van der Waals surface area contributed by atoms with E-state index >= 15 is 0 Å². The van der Waals surface area contributed by atoms with E-state index in [1.54, 1.807) is 0 Å². The number of hydrogen-bond acceptors (Lipinski definition) is 4. The lowest BCUT2D eigenvalue weighted by atomic mass is 9.82. The summed E-state index contributed by atoms with van der Waals surface area (Å²) in [5.41, 5.74) is 5.25. The maximum Gasteiger partial charge on any atom is 0.337 e. The standard InChI is InChI=1S/C15H19FN2O3/c1-21-13(19)10-5-6-11(16)12(9-10)18-14(20)15(17)7-3-2-4-8-15/h5-6,9H,2-4,7-8,17H2,1H3,(H,18,20). The molecule has 3 N–H and O–H groups in total. The first-order chi connectivity index (χ1) is 9.96. The van der Waals surface area contributed by atoms with E-state index in [2.05, 4.69) is 10.1 Å². The van der Waals surface area contributed by atoms with E-state index in [0.717, 1.165) is 25.3 Å². The van der Waals surface area contributed by atoms with E-state index in [4.69, 9.17) is 5.73 Å². The highest BCUT2D eigenvalue weighted by Crippen LogP contribution is 2.28. The van der Waals surface area contributed by atoms with Crippen LogP contribution in [0.5, 0.6) is 0 Å². The van der Waals surface area contributed by atoms with Crippen LogP contribution >= 0.6 is 0 Å². The lowest BCUT2D eigenvalue weighted by Gasteiger charge is -2.31. The number of anilines is 1. The van der Waals surface area contributed by atoms with Crippen LogP contribution in [0.25, 0.3) is 0 Å². The van der Waals surface area contributed by atoms with Crippen LogP contribution < -0.4 is 11.1 Å². The topological polar surface area (TPSA) is 81.4 Å². The van der Waals surface area contributed by atoms with Crippen molar-refractivity contribution < 1.29 is 18.7 Å². The number of methoxy groups -OCH3 is 1. The van der Waals surface area contributed by atoms with Crippen LogP contribution in [-0.4, -0.2) is 24.5 Å². The molecule has 0 unspecified atom stereocenters. The van der Waals surface area contributed by atoms with E-state index < -0.39 is 23.2 Å². The van der Waals surface area contributed by atoms with Crippen LogP contribution in [0.1, 0.15) is 42.5 Å². The number of nitrogens with two attached hydrogens (primary N) is 1. The zero-order valence-electron chi connectivity index (χ0n) is 11.9. The van der Waals surface area contributed by atoms with Gasteiger partial charge in [-0.2, -0.15) is 0 Å². The van der Waals surface area contributed by atoms with Crippen LogP contribution in [-0.2, 0) is 9.53 Å². The summed E-state index contributed by atoms with van der Waals surface area (Å²) in [6, 6.07) is 3.67. The number of hydrogen-bond donors (Lipinski definition) is 2. The van der Waals surface area contributed by atoms with Crippen molar-refractivity contribution >= 4 is 17.6 Å². The SMILES string of the molecule is COC(=O)c1ccc(F)c(NC(=O)C2(N)CCCCC2)c1. The van der Waals surface area contributed by atoms with Gasteiger partial charge >= 0.3 is 5.97 Å². The average molecular weight is 294 g/mol. The molecule has 1 aromatic rings. The Morgan fingerprint density at radius 1 is 1.29 bits per heavy atom. The Balaban J connectivity index is 2.18. The summed E-state index contributed by atoms with van der Waals surface area (Å²) in [7, 11) is 1.24. The molecule has 1 fully saturated rings. The van der Waals surface area contributed by atoms with Crippen molar-refractivity contribution in [3.63, 3.8) is 0 Å². The zero-order chi connectivity index (χ0) is 15.5. The molecule has 5 nitrogen and oxygen atoms in total. The molecular formula is C15H19FN2O3. The molecule has 0 aromatic heterocycles. The summed E-state index contributed by atoms with van der Waals surface area (Å²) in [5, 5.41) is 2.49. The highest BCUT2D eigenvalue weighted by Gasteiger charge is 2.35. The second-order valence-electron chi connectivity index (χ2n) is 5.36. The Hall–Kier alpha value is -1.95. The van der Waals surface area contributed by atoms with Gasteiger partial charge in [0, 0.05) is 0 Å². The molecule has 1 aromatic carbocycles. The van der Waals surface area contributed by atoms with Crippen molar-refractivity contribution in [3.05, 3.63) is 29.6 Å². The quantitative estimate of drug-likeness (QED) is 0.837. The minimum absolute atomic E-state index is 0.0571. The van der Waals surface area contributed by atoms with E-state index in [1.807, 2.05) is 0 Å². The van der Waals surface area contributed by atoms with E-state index in [-0.39, 0.29) is 11.3 Å². The third-order valence-corrected chi connectivity index (χ3v) is 3.83. The normalized spacial score (nSPS) is 17.1. The fourth-order valence-electron chi connectivity index (χ4n) is 2.52. The maximum absolute atomic E-state index is 13.8. The lowest BCUT2D eigenvalue weighted by Crippen LogP contribution is -2.52. The Labute approximate surface area is 122 Å². The number of carbonyl (C=O) groups is 2. The molecule has 0 heterocycles. The first kappa shape index (κ1) is 15.4. The molecule has 6 heteroatoms. The lowest BCUT2D eigenvalue weighted by molar-refractivity contribution is -0.122. The second-order valence-corrected chi connectivity index (χ2v) is 5.36. The highest BCUT2D eigenvalue weighted by molar-refractivity contribution is 5.99. The first-order valence-corrected chi connectivity index (χ1v) is 6.94. The third kappa shape index (κ3) is 3.39. The van der Waals surface area contributed by atoms with Gasteiger partial charge in [-0.1, -0.05) is 19.3 Å². The monoisotopic (exact) mass is 294 g/mol. The number of esters is 1. The van der Waals surface area contributed by atoms with Gasteiger partial charge in [0.05, 0.1) is 23.9 Å². The highest BCUT2D eigenvalue weighted by atomic mass is 19.1. The van der Waals surface area contributed by atoms with Crippen molar-refractivity contribution in [3.8, 4) is 0 Å². The Morgan fingerprint density at radius 2 is 1.95 bits per heavy atom. The predicted molar refractivity (Wildman–Crippen MR) is 76.4 cm³/mol. The Kier molecular flexibility index (Phi) is 4.57. The number of ether oxygens (including phenoxy) is 1. The minimum Gasteiger partial charge on any atom is -0.465 e. The number of carbonyl (C=O) groups excluding carboxylic acids is 2. The molecule has 0 atom stereocenters. The molecule has 1 aliphatic rings. The molecule has 21 heavy (non-hydrogen) atoms. The van der Waals surface area contributed by atoms with Crippen LogP contribution in [0.15, 0.2) is 18.2 Å². The van der Waals surface area contributed by atoms with Crippen molar-refractivity contribution in [2.75, 3.05) is 12.4 Å². The van der Waals surface area contributed by atoms with Gasteiger partial charge in [0.2, 0.25) is 5.91 Å². The summed E-state index contributed by atoms with van der Waals surface area (Å²) in [6.07, 6.45) is 3.98. The Morgan fingerprint density at radius 3 is 2.57 bits per heavy atom. The molecule has 0 bridgehead atoms. The predicted octanol–water partition coefficient (Wildman–Crippen LogP) is 2.21. The van der Waals surface area contributed by atoms with E-state index in [1.165, 1.54) is 19.2 Å². The number of amides is 1. The van der Waals surface area contributed by atoms with Crippen LogP contribution in [0.2, 0.25) is 0 Å². The van der Waals surface area contributed by atoms with Gasteiger partial charge in [-0.3, -0.25) is 4.79 Å². The third-order valence-electron chi connectivity index (χ3n) is 3.83. The second kappa shape index (κ2) is 6.22. The summed E-state index contributed by atoms with van der Waals surface area (Å²) < 4.78 is 18.4. The zero-order valence-corrected chi connectivity index (χ0v) is 11.9. The van der Waals surface area contributed by atoms with Crippen molar-refractivity contribution in [2.24, 2.45) is 5.73 Å². The summed E-state index contributed by atoms with van der Waals surface area (Å²) >= 11 is 0. The van der Waals surface area contributed by atoms with Gasteiger partial charge in [-0.05, 0) is 31.0 Å². The van der Waals surface area contributed by atoms with Gasteiger partial charge in [0.1, 0.15) is 5.82 Å². The molecule has 0 radical (unpaired) electrons. The van der Waals surface area contributed by atoms with Gasteiger partial charge in [-0.25, -0.2) is 9.18 Å². The molecule has 1 saturated carbocycles. The molecular weight excluding hydrogens is 275 g/mol. The summed E-state index contributed by atoms with van der Waals surface area (Å²) in [4.78, 5) is 23.7. The van der Waals surface area contributed by atoms with Gasteiger partial charge in [-0.15, -0.1) is 0 Å². The summed E-state index contributed by atoms with van der Waals surface area (Å²) in [5.74, 6) is -1.62. The maximum atomic E-state index is 13.8. The molecule has 2 rings (SSSR count). The largest absolute Gasteiger partial charge is 0.465 e. The fraction of sp³-hybridized carbons (Fsp3) is 0.467. The molecule has 114 valence electrons. The molecule has 1 amide bonds. The minimum atomic E-state index is -0.966. The van der Waals surface area contributed by atoms with Crippen molar-refractivity contribution in [2.45, 2.75) is 37.6 Å². The number of rotatable bonds is 3. The molecule has 0 saturated heterocycles. The molecule has 0 aliphatic heterocycles. The first-order valence-electron chi connectivity index (χ1n) is 6.94. The number of halogens is 1. The smallest absolute Gasteiger partial charge is 0.337 e. The van der Waals surface area contributed by atoms with E-state index in [9.17, 15) is 14.0 Å². The van der Waals surface area contributed by atoms with Crippen LogP contribution in [0.3, 0.4) is 0 Å². The average Bonchev–Trinajstić information content (AvgIpc) is 2.49. The number of nitrogens with one attached hydrogen (secondary N) is 1. The Bertz CT molecular complexity index is 554. The van der Waals surface area contributed by atoms with Gasteiger partial charge in [0.25, 0.3) is 0 Å². The van der Waals surface area contributed by atoms with Crippen LogP contribution in [0.4, 0.5) is 10.1 Å². The van der Waals surface area contributed by atoms with Gasteiger partial charge in [0.15, 0.2) is 0 Å². The van der Waals surface area contributed by atoms with Crippen molar-refractivity contribution in [1.82, 2.24) is 0 Å². The number of benzene rings is 1. The molecule has 0 spiro atoms. The van der Waals surface area contributed by atoms with E-state index in [0.29, 0.717) is 12.8 Å². The van der Waals surface area contributed by atoms with Crippen molar-refractivity contribution in [1.29, 1.82) is 0 Å². The molecule has 1 aliphatic carbocycles. The van der Waals surface area contributed by atoms with Crippen LogP contribution in [0, 0.1) is 5.82 Å². The summed E-state index contributed by atoms with van der Waals surface area (Å²) in [6.45, 7) is 0. The van der Waals surface area contributed by atoms with Gasteiger partial charge < -0.3 is 15.8 Å². The fourth-order valence-corrected chi connectivity index (χ4v) is 2.52.